The van der Waals surface area contributed by atoms with Gasteiger partial charge in [-0.15, -0.1) is 11.3 Å². The van der Waals surface area contributed by atoms with Crippen molar-refractivity contribution in [2.24, 2.45) is 0 Å². The number of anilines is 1. The average molecular weight is 424 g/mol. The van der Waals surface area contributed by atoms with Crippen molar-refractivity contribution in [1.82, 2.24) is 9.55 Å². The van der Waals surface area contributed by atoms with Gasteiger partial charge < -0.3 is 5.32 Å². The number of hydrogen-bond donors (Lipinski definition) is 1. The second-order valence-electron chi connectivity index (χ2n) is 6.78. The topological polar surface area (TPSA) is 64.0 Å². The summed E-state index contributed by atoms with van der Waals surface area (Å²) < 4.78 is 1.36. The van der Waals surface area contributed by atoms with Gasteiger partial charge in [0.25, 0.3) is 5.56 Å². The van der Waals surface area contributed by atoms with Gasteiger partial charge in [-0.05, 0) is 43.2 Å². The molecule has 0 aliphatic carbocycles. The van der Waals surface area contributed by atoms with E-state index < -0.39 is 6.04 Å². The lowest BCUT2D eigenvalue weighted by Crippen LogP contribution is -2.31. The molecule has 29 heavy (non-hydrogen) atoms. The number of benzene rings is 2. The molecule has 0 unspecified atom stereocenters. The van der Waals surface area contributed by atoms with E-state index in [-0.39, 0.29) is 11.5 Å². The molecule has 2 aromatic heterocycles. The van der Waals surface area contributed by atoms with E-state index in [2.05, 4.69) is 10.3 Å². The van der Waals surface area contributed by atoms with Crippen LogP contribution in [0.5, 0.6) is 0 Å². The number of aryl methyl sites for hydroxylation is 1. The molecule has 0 bridgehead atoms. The summed E-state index contributed by atoms with van der Waals surface area (Å²) in [4.78, 5) is 31.8. The second-order valence-corrected chi connectivity index (χ2v) is 8.24. The van der Waals surface area contributed by atoms with Crippen LogP contribution >= 0.6 is 22.9 Å². The number of carbonyl (C=O) groups excluding carboxylic acids is 1. The molecule has 4 aromatic rings. The van der Waals surface area contributed by atoms with E-state index >= 15 is 0 Å². The van der Waals surface area contributed by atoms with Gasteiger partial charge in [-0.1, -0.05) is 48.0 Å². The maximum Gasteiger partial charge on any atom is 0.262 e. The molecule has 2 aromatic carbocycles. The van der Waals surface area contributed by atoms with E-state index in [4.69, 9.17) is 11.6 Å². The molecule has 0 saturated carbocycles. The SMILES string of the molecule is Cc1ccc(Cl)cc1NC(=O)[C@H](C)n1cnc2sc(-c3ccccc3)cc2c1=O. The summed E-state index contributed by atoms with van der Waals surface area (Å²) in [5, 5.41) is 3.89. The molecule has 1 amide bonds. The number of hydrogen-bond acceptors (Lipinski definition) is 4. The van der Waals surface area contributed by atoms with Crippen molar-refractivity contribution in [3.05, 3.63) is 81.9 Å². The monoisotopic (exact) mass is 423 g/mol. The Morgan fingerprint density at radius 1 is 1.17 bits per heavy atom. The molecule has 0 fully saturated rings. The number of aromatic nitrogens is 2. The molecule has 0 radical (unpaired) electrons. The zero-order chi connectivity index (χ0) is 20.5. The van der Waals surface area contributed by atoms with Gasteiger partial charge in [0.2, 0.25) is 5.91 Å². The van der Waals surface area contributed by atoms with Crippen LogP contribution in [0.3, 0.4) is 0 Å². The number of thiophene rings is 1. The molecule has 0 saturated heterocycles. The summed E-state index contributed by atoms with van der Waals surface area (Å²) in [6.07, 6.45) is 1.44. The minimum Gasteiger partial charge on any atom is -0.324 e. The van der Waals surface area contributed by atoms with Crippen LogP contribution in [0, 0.1) is 6.92 Å². The standard InChI is InChI=1S/C22H18ClN3O2S/c1-13-8-9-16(23)10-18(13)25-20(27)14(2)26-12-24-21-17(22(26)28)11-19(29-21)15-6-4-3-5-7-15/h3-12,14H,1-2H3,(H,25,27)/t14-/m0/s1. The number of rotatable bonds is 4. The van der Waals surface area contributed by atoms with Gasteiger partial charge in [-0.2, -0.15) is 0 Å². The highest BCUT2D eigenvalue weighted by Crippen LogP contribution is 2.30. The average Bonchev–Trinajstić information content (AvgIpc) is 3.16. The number of amides is 1. The number of nitrogens with one attached hydrogen (secondary N) is 1. The third-order valence-electron chi connectivity index (χ3n) is 4.79. The normalized spacial score (nSPS) is 12.1. The Labute approximate surface area is 176 Å². The van der Waals surface area contributed by atoms with Gasteiger partial charge in [0.15, 0.2) is 0 Å². The first kappa shape index (κ1) is 19.4. The Morgan fingerprint density at radius 2 is 1.93 bits per heavy atom. The molecule has 2 heterocycles. The first-order valence-corrected chi connectivity index (χ1v) is 10.3. The number of fused-ring (bicyclic) bond motifs is 1. The van der Waals surface area contributed by atoms with Crippen LogP contribution in [-0.4, -0.2) is 15.5 Å². The van der Waals surface area contributed by atoms with Crippen LogP contribution in [0.2, 0.25) is 5.02 Å². The quantitative estimate of drug-likeness (QED) is 0.485. The Kier molecular flexibility index (Phi) is 5.22. The summed E-state index contributed by atoms with van der Waals surface area (Å²) in [6, 6.07) is 16.2. The Morgan fingerprint density at radius 3 is 2.69 bits per heavy atom. The summed E-state index contributed by atoms with van der Waals surface area (Å²) in [7, 11) is 0. The van der Waals surface area contributed by atoms with Crippen molar-refractivity contribution in [3.63, 3.8) is 0 Å². The summed E-state index contributed by atoms with van der Waals surface area (Å²) in [5.74, 6) is -0.308. The summed E-state index contributed by atoms with van der Waals surface area (Å²) >= 11 is 7.48. The van der Waals surface area contributed by atoms with Gasteiger partial charge >= 0.3 is 0 Å². The van der Waals surface area contributed by atoms with Gasteiger partial charge in [0.1, 0.15) is 10.9 Å². The van der Waals surface area contributed by atoms with Crippen LogP contribution in [0.15, 0.2) is 65.7 Å². The highest BCUT2D eigenvalue weighted by Gasteiger charge is 2.20. The lowest BCUT2D eigenvalue weighted by atomic mass is 10.2. The van der Waals surface area contributed by atoms with Crippen molar-refractivity contribution in [1.29, 1.82) is 0 Å². The van der Waals surface area contributed by atoms with E-state index in [1.54, 1.807) is 19.1 Å². The first-order valence-electron chi connectivity index (χ1n) is 9.07. The summed E-state index contributed by atoms with van der Waals surface area (Å²) in [5.41, 5.74) is 2.31. The lowest BCUT2D eigenvalue weighted by Gasteiger charge is -2.16. The second kappa shape index (κ2) is 7.81. The minimum atomic E-state index is -0.724. The predicted octanol–water partition coefficient (Wildman–Crippen LogP) is 5.29. The highest BCUT2D eigenvalue weighted by molar-refractivity contribution is 7.21. The molecule has 1 atom stereocenters. The van der Waals surface area contributed by atoms with E-state index in [0.717, 1.165) is 16.0 Å². The zero-order valence-corrected chi connectivity index (χ0v) is 17.4. The molecule has 7 heteroatoms. The van der Waals surface area contributed by atoms with Crippen LogP contribution in [-0.2, 0) is 4.79 Å². The molecule has 0 aliphatic rings. The molecule has 1 N–H and O–H groups in total. The number of halogens is 1. The fourth-order valence-corrected chi connectivity index (χ4v) is 4.22. The van der Waals surface area contributed by atoms with E-state index in [0.29, 0.717) is 20.9 Å². The third-order valence-corrected chi connectivity index (χ3v) is 6.12. The predicted molar refractivity (Wildman–Crippen MR) is 119 cm³/mol. The van der Waals surface area contributed by atoms with Crippen LogP contribution in [0.4, 0.5) is 5.69 Å². The molecule has 146 valence electrons. The molecule has 0 aliphatic heterocycles. The molecular formula is C22H18ClN3O2S. The third kappa shape index (κ3) is 3.81. The first-order chi connectivity index (χ1) is 13.9. The van der Waals surface area contributed by atoms with Crippen molar-refractivity contribution < 1.29 is 4.79 Å². The van der Waals surface area contributed by atoms with Gasteiger partial charge in [-0.3, -0.25) is 14.2 Å². The Bertz CT molecular complexity index is 1260. The van der Waals surface area contributed by atoms with Crippen LogP contribution < -0.4 is 10.9 Å². The Balaban J connectivity index is 1.66. The van der Waals surface area contributed by atoms with Gasteiger partial charge in [-0.25, -0.2) is 4.98 Å². The van der Waals surface area contributed by atoms with Crippen molar-refractivity contribution in [2.75, 3.05) is 5.32 Å². The van der Waals surface area contributed by atoms with Gasteiger partial charge in [0.05, 0.1) is 11.7 Å². The van der Waals surface area contributed by atoms with Gasteiger partial charge in [0, 0.05) is 15.6 Å². The largest absolute Gasteiger partial charge is 0.324 e. The molecule has 4 rings (SSSR count). The smallest absolute Gasteiger partial charge is 0.262 e. The molecule has 5 nitrogen and oxygen atoms in total. The summed E-state index contributed by atoms with van der Waals surface area (Å²) in [6.45, 7) is 3.56. The zero-order valence-electron chi connectivity index (χ0n) is 15.8. The molecular weight excluding hydrogens is 406 g/mol. The minimum absolute atomic E-state index is 0.237. The van der Waals surface area contributed by atoms with Crippen molar-refractivity contribution in [2.45, 2.75) is 19.9 Å². The van der Waals surface area contributed by atoms with E-state index in [1.807, 2.05) is 49.4 Å². The lowest BCUT2D eigenvalue weighted by molar-refractivity contribution is -0.118. The maximum absolute atomic E-state index is 13.0. The highest BCUT2D eigenvalue weighted by atomic mass is 35.5. The fourth-order valence-electron chi connectivity index (χ4n) is 3.05. The van der Waals surface area contributed by atoms with E-state index in [9.17, 15) is 9.59 Å². The van der Waals surface area contributed by atoms with Crippen LogP contribution in [0.1, 0.15) is 18.5 Å². The Hall–Kier alpha value is -2.96. The maximum atomic E-state index is 13.0. The molecule has 0 spiro atoms. The van der Waals surface area contributed by atoms with Crippen molar-refractivity contribution >= 4 is 44.7 Å². The van der Waals surface area contributed by atoms with E-state index in [1.165, 1.54) is 22.2 Å². The fraction of sp³-hybridized carbons (Fsp3) is 0.136. The number of nitrogens with zero attached hydrogens (tertiary/aromatic N) is 2. The van der Waals surface area contributed by atoms with Crippen molar-refractivity contribution in [3.8, 4) is 10.4 Å². The van der Waals surface area contributed by atoms with Crippen LogP contribution in [0.25, 0.3) is 20.7 Å². The number of carbonyl (C=O) groups is 1.